The van der Waals surface area contributed by atoms with Crippen molar-refractivity contribution in [2.24, 2.45) is 0 Å². The van der Waals surface area contributed by atoms with Crippen LogP contribution in [0.2, 0.25) is 0 Å². The number of carbonyl (C=O) groups excluding carboxylic acids is 1. The van der Waals surface area contributed by atoms with E-state index in [9.17, 15) is 4.79 Å². The Morgan fingerprint density at radius 2 is 2.25 bits per heavy atom. The largest absolute Gasteiger partial charge is 0.298 e. The number of hydrogen-bond acceptors (Lipinski definition) is 3. The summed E-state index contributed by atoms with van der Waals surface area (Å²) in [6, 6.07) is 0. The van der Waals surface area contributed by atoms with Gasteiger partial charge in [-0.1, -0.05) is 30.7 Å². The van der Waals surface area contributed by atoms with Gasteiger partial charge in [0.2, 0.25) is 0 Å². The molecule has 0 aliphatic carbocycles. The maximum Gasteiger partial charge on any atom is 0.150 e. The molecule has 0 aromatic rings. The molecule has 0 amide bonds. The first kappa shape index (κ1) is 14.8. The molecule has 0 unspecified atom stereocenters. The van der Waals surface area contributed by atoms with E-state index in [1.165, 1.54) is 11.9 Å². The zero-order valence-corrected chi connectivity index (χ0v) is 10.8. The molecule has 0 aliphatic heterocycles. The number of nitrogens with zero attached hydrogens (tertiary/aromatic N) is 1. The van der Waals surface area contributed by atoms with Crippen LogP contribution < -0.4 is 0 Å². The molecular weight excluding hydrogens is 218 g/mol. The van der Waals surface area contributed by atoms with E-state index in [2.05, 4.69) is 17.8 Å². The minimum absolute atomic E-state index is 0.691. The molecule has 0 saturated heterocycles. The normalized spacial score (nSPS) is 12.0. The van der Waals surface area contributed by atoms with Crippen molar-refractivity contribution in [2.45, 2.75) is 13.8 Å². The number of likely N-dealkylation sites (N-methyl/N-ethyl adjacent to an activating group) is 1. The van der Waals surface area contributed by atoms with Crippen molar-refractivity contribution in [3.8, 4) is 11.2 Å². The van der Waals surface area contributed by atoms with E-state index in [-0.39, 0.29) is 0 Å². The second kappa shape index (κ2) is 9.02. The Kier molecular flexibility index (Phi) is 8.32. The standard InChI is InChI=1S/C13H17NOS/c1-5-7-8-13(11-15)12(3)10-14(4)16-9-6-2/h5,7-8,11H,1,10H2,2-4H3/b8-7-,13-12-. The van der Waals surface area contributed by atoms with Crippen LogP contribution in [0.1, 0.15) is 13.8 Å². The molecule has 3 heteroatoms. The van der Waals surface area contributed by atoms with Crippen molar-refractivity contribution >= 4 is 18.2 Å². The van der Waals surface area contributed by atoms with Crippen LogP contribution in [0.25, 0.3) is 0 Å². The highest BCUT2D eigenvalue weighted by atomic mass is 32.2. The first-order valence-electron chi connectivity index (χ1n) is 4.89. The zero-order chi connectivity index (χ0) is 12.4. The van der Waals surface area contributed by atoms with Crippen LogP contribution in [0.3, 0.4) is 0 Å². The van der Waals surface area contributed by atoms with E-state index in [1.807, 2.05) is 18.3 Å². The number of aldehydes is 1. The lowest BCUT2D eigenvalue weighted by molar-refractivity contribution is -0.104. The zero-order valence-electron chi connectivity index (χ0n) is 9.99. The number of hydrogen-bond donors (Lipinski definition) is 0. The van der Waals surface area contributed by atoms with Gasteiger partial charge in [0.15, 0.2) is 0 Å². The highest BCUT2D eigenvalue weighted by Gasteiger charge is 2.02. The third-order valence-corrected chi connectivity index (χ3v) is 2.53. The van der Waals surface area contributed by atoms with Crippen LogP contribution in [-0.2, 0) is 4.79 Å². The molecule has 0 rings (SSSR count). The third-order valence-electron chi connectivity index (χ3n) is 1.80. The van der Waals surface area contributed by atoms with Gasteiger partial charge in [-0.25, -0.2) is 4.31 Å². The minimum Gasteiger partial charge on any atom is -0.298 e. The summed E-state index contributed by atoms with van der Waals surface area (Å²) in [7, 11) is 1.94. The van der Waals surface area contributed by atoms with Crippen molar-refractivity contribution in [2.75, 3.05) is 13.6 Å². The average molecular weight is 235 g/mol. The second-order valence-corrected chi connectivity index (χ2v) is 4.19. The van der Waals surface area contributed by atoms with E-state index in [4.69, 9.17) is 0 Å². The third kappa shape index (κ3) is 6.28. The Labute approximate surface area is 102 Å². The number of rotatable bonds is 6. The molecule has 0 atom stereocenters. The van der Waals surface area contributed by atoms with Gasteiger partial charge in [0.25, 0.3) is 0 Å². The molecule has 0 aliphatic rings. The van der Waals surface area contributed by atoms with Gasteiger partial charge in [-0.05, 0) is 31.7 Å². The van der Waals surface area contributed by atoms with E-state index in [0.29, 0.717) is 12.1 Å². The summed E-state index contributed by atoms with van der Waals surface area (Å²) in [4.78, 5) is 10.9. The molecule has 0 radical (unpaired) electrons. The first-order valence-corrected chi connectivity index (χ1v) is 5.67. The molecule has 0 N–H and O–H groups in total. The molecule has 0 fully saturated rings. The van der Waals surface area contributed by atoms with Gasteiger partial charge < -0.3 is 0 Å². The fourth-order valence-corrected chi connectivity index (χ4v) is 1.54. The summed E-state index contributed by atoms with van der Waals surface area (Å²) in [5.74, 6) is 2.81. The molecule has 0 bridgehead atoms. The number of allylic oxidation sites excluding steroid dienone is 4. The van der Waals surface area contributed by atoms with Crippen LogP contribution in [0.15, 0.2) is 36.0 Å². The van der Waals surface area contributed by atoms with E-state index in [0.717, 1.165) is 11.9 Å². The van der Waals surface area contributed by atoms with Crippen molar-refractivity contribution in [3.05, 3.63) is 36.0 Å². The molecule has 0 spiro atoms. The van der Waals surface area contributed by atoms with Crippen LogP contribution >= 0.6 is 11.9 Å². The predicted octanol–water partition coefficient (Wildman–Crippen LogP) is 2.80. The van der Waals surface area contributed by atoms with Gasteiger partial charge >= 0.3 is 0 Å². The molecule has 0 heterocycles. The van der Waals surface area contributed by atoms with Crippen molar-refractivity contribution in [1.82, 2.24) is 4.31 Å². The summed E-state index contributed by atoms with van der Waals surface area (Å²) < 4.78 is 1.98. The van der Waals surface area contributed by atoms with Gasteiger partial charge in [0, 0.05) is 24.1 Å². The maximum atomic E-state index is 10.9. The lowest BCUT2D eigenvalue weighted by Crippen LogP contribution is -2.12. The van der Waals surface area contributed by atoms with Gasteiger partial charge in [0.05, 0.1) is 0 Å². The summed E-state index contributed by atoms with van der Waals surface area (Å²) in [5, 5.41) is 2.90. The minimum atomic E-state index is 0.691. The topological polar surface area (TPSA) is 20.3 Å². The van der Waals surface area contributed by atoms with Crippen molar-refractivity contribution in [3.63, 3.8) is 0 Å². The Morgan fingerprint density at radius 3 is 2.75 bits per heavy atom. The van der Waals surface area contributed by atoms with Crippen LogP contribution in [0.4, 0.5) is 0 Å². The molecule has 86 valence electrons. The van der Waals surface area contributed by atoms with Gasteiger partial charge in [0.1, 0.15) is 6.29 Å². The van der Waals surface area contributed by atoms with Gasteiger partial charge in [-0.3, -0.25) is 4.79 Å². The summed E-state index contributed by atoms with van der Waals surface area (Å²) in [5.41, 5.74) is 1.71. The monoisotopic (exact) mass is 235 g/mol. The highest BCUT2D eigenvalue weighted by molar-refractivity contribution is 8.01. The van der Waals surface area contributed by atoms with Crippen molar-refractivity contribution < 1.29 is 4.79 Å². The molecule has 2 nitrogen and oxygen atoms in total. The quantitative estimate of drug-likeness (QED) is 0.232. The molecular formula is C13H17NOS. The van der Waals surface area contributed by atoms with Crippen LogP contribution in [0, 0.1) is 11.2 Å². The predicted molar refractivity (Wildman–Crippen MR) is 71.8 cm³/mol. The molecule has 0 aromatic carbocycles. The average Bonchev–Trinajstić information content (AvgIpc) is 2.27. The van der Waals surface area contributed by atoms with E-state index >= 15 is 0 Å². The Morgan fingerprint density at radius 1 is 1.56 bits per heavy atom. The highest BCUT2D eigenvalue weighted by Crippen LogP contribution is 2.11. The fourth-order valence-electron chi connectivity index (χ4n) is 1.03. The van der Waals surface area contributed by atoms with Gasteiger partial charge in [-0.15, -0.1) is 0 Å². The lowest BCUT2D eigenvalue weighted by atomic mass is 10.1. The van der Waals surface area contributed by atoms with Crippen LogP contribution in [0.5, 0.6) is 0 Å². The number of carbonyl (C=O) groups is 1. The van der Waals surface area contributed by atoms with Gasteiger partial charge in [-0.2, -0.15) is 0 Å². The SMILES string of the molecule is C=C/C=C\C(C=O)=C(/C)CN(C)SC#CC. The van der Waals surface area contributed by atoms with E-state index < -0.39 is 0 Å². The van der Waals surface area contributed by atoms with Crippen molar-refractivity contribution in [1.29, 1.82) is 0 Å². The summed E-state index contributed by atoms with van der Waals surface area (Å²) >= 11 is 1.43. The van der Waals surface area contributed by atoms with Crippen LogP contribution in [-0.4, -0.2) is 24.2 Å². The second-order valence-electron chi connectivity index (χ2n) is 3.18. The molecule has 0 aromatic heterocycles. The lowest BCUT2D eigenvalue weighted by Gasteiger charge is -2.12. The summed E-state index contributed by atoms with van der Waals surface area (Å²) in [6.07, 6.45) is 6.03. The maximum absolute atomic E-state index is 10.9. The molecule has 16 heavy (non-hydrogen) atoms. The first-order chi connectivity index (χ1) is 7.65. The Hall–Kier alpha value is -1.24. The Bertz CT molecular complexity index is 358. The summed E-state index contributed by atoms with van der Waals surface area (Å²) in [6.45, 7) is 8.01. The van der Waals surface area contributed by atoms with E-state index in [1.54, 1.807) is 25.2 Å². The fraction of sp³-hybridized carbons (Fsp3) is 0.308. The Balaban J connectivity index is 4.57. The smallest absolute Gasteiger partial charge is 0.150 e. The molecule has 0 saturated carbocycles.